The van der Waals surface area contributed by atoms with Crippen LogP contribution in [0.1, 0.15) is 34.6 Å². The molecule has 0 atom stereocenters. The van der Waals surface area contributed by atoms with E-state index in [0.29, 0.717) is 11.4 Å². The molecule has 2 amide bonds. The van der Waals surface area contributed by atoms with E-state index in [1.54, 1.807) is 26.0 Å². The smallest absolute Gasteiger partial charge is 0.255 e. The fourth-order valence-electron chi connectivity index (χ4n) is 3.07. The third kappa shape index (κ3) is 6.18. The van der Waals surface area contributed by atoms with Crippen molar-refractivity contribution in [2.24, 2.45) is 0 Å². The molecule has 3 rings (SSSR count). The molecule has 0 unspecified atom stereocenters. The van der Waals surface area contributed by atoms with Crippen LogP contribution in [0.25, 0.3) is 0 Å². The number of hydrogen-bond donors (Lipinski definition) is 3. The van der Waals surface area contributed by atoms with Crippen LogP contribution in [0, 0.1) is 5.82 Å². The van der Waals surface area contributed by atoms with Crippen molar-refractivity contribution in [3.05, 3.63) is 83.7 Å². The molecule has 178 valence electrons. The summed E-state index contributed by atoms with van der Waals surface area (Å²) in [6.07, 6.45) is 0. The van der Waals surface area contributed by atoms with E-state index in [9.17, 15) is 22.4 Å². The Morgan fingerprint density at radius 2 is 1.56 bits per heavy atom. The lowest BCUT2D eigenvalue weighted by Crippen LogP contribution is -2.30. The zero-order valence-electron chi connectivity index (χ0n) is 18.8. The third-order valence-corrected chi connectivity index (χ3v) is 6.28. The molecule has 3 aromatic carbocycles. The minimum absolute atomic E-state index is 0.0459. The van der Waals surface area contributed by atoms with E-state index in [4.69, 9.17) is 4.74 Å². The molecule has 0 radical (unpaired) electrons. The van der Waals surface area contributed by atoms with Gasteiger partial charge in [-0.3, -0.25) is 9.59 Å². The fraction of sp³-hybridized carbons (Fsp3) is 0.167. The first-order valence-electron chi connectivity index (χ1n) is 10.3. The second-order valence-electron chi connectivity index (χ2n) is 7.63. The number of anilines is 2. The van der Waals surface area contributed by atoms with Crippen molar-refractivity contribution in [3.63, 3.8) is 0 Å². The van der Waals surface area contributed by atoms with Crippen LogP contribution in [-0.4, -0.2) is 33.4 Å². The second-order valence-corrected chi connectivity index (χ2v) is 9.35. The van der Waals surface area contributed by atoms with E-state index in [2.05, 4.69) is 15.4 Å². The lowest BCUT2D eigenvalue weighted by molar-refractivity contribution is 0.101. The van der Waals surface area contributed by atoms with E-state index in [1.807, 2.05) is 0 Å². The van der Waals surface area contributed by atoms with Crippen molar-refractivity contribution < 1.29 is 27.1 Å². The summed E-state index contributed by atoms with van der Waals surface area (Å²) in [4.78, 5) is 25.2. The van der Waals surface area contributed by atoms with E-state index < -0.39 is 27.7 Å². The van der Waals surface area contributed by atoms with Crippen LogP contribution in [0.4, 0.5) is 15.8 Å². The third-order valence-electron chi connectivity index (χ3n) is 4.61. The summed E-state index contributed by atoms with van der Waals surface area (Å²) >= 11 is 0. The molecule has 0 fully saturated rings. The minimum atomic E-state index is -3.67. The normalized spacial score (nSPS) is 11.2. The Bertz CT molecular complexity index is 1310. The molecule has 8 nitrogen and oxygen atoms in total. The lowest BCUT2D eigenvalue weighted by atomic mass is 10.2. The van der Waals surface area contributed by atoms with Gasteiger partial charge in [0.05, 0.1) is 17.7 Å². The number of rotatable bonds is 8. The number of carbonyl (C=O) groups is 2. The quantitative estimate of drug-likeness (QED) is 0.446. The van der Waals surface area contributed by atoms with Gasteiger partial charge >= 0.3 is 0 Å². The topological polar surface area (TPSA) is 114 Å². The maximum atomic E-state index is 13.4. The highest BCUT2D eigenvalue weighted by atomic mass is 32.2. The van der Waals surface area contributed by atoms with Gasteiger partial charge in [-0.25, -0.2) is 17.5 Å². The van der Waals surface area contributed by atoms with Gasteiger partial charge in [0.2, 0.25) is 10.0 Å². The molecule has 0 saturated heterocycles. The number of sulfonamides is 1. The van der Waals surface area contributed by atoms with Crippen LogP contribution in [0.2, 0.25) is 0 Å². The Balaban J connectivity index is 1.76. The van der Waals surface area contributed by atoms with Crippen molar-refractivity contribution >= 4 is 33.2 Å². The fourth-order valence-corrected chi connectivity index (χ4v) is 4.33. The maximum absolute atomic E-state index is 13.4. The second kappa shape index (κ2) is 10.4. The maximum Gasteiger partial charge on any atom is 0.255 e. The highest BCUT2D eigenvalue weighted by molar-refractivity contribution is 7.89. The number of carbonyl (C=O) groups excluding carboxylic acids is 2. The highest BCUT2D eigenvalue weighted by Crippen LogP contribution is 2.29. The van der Waals surface area contributed by atoms with Crippen molar-refractivity contribution in [1.82, 2.24) is 4.72 Å². The summed E-state index contributed by atoms with van der Waals surface area (Å²) in [6.45, 7) is 3.42. The molecule has 0 heterocycles. The monoisotopic (exact) mass is 485 g/mol. The number of amides is 2. The summed E-state index contributed by atoms with van der Waals surface area (Å²) in [6, 6.07) is 15.1. The summed E-state index contributed by atoms with van der Waals surface area (Å²) in [7, 11) is -2.24. The summed E-state index contributed by atoms with van der Waals surface area (Å²) in [5, 5.41) is 5.33. The zero-order valence-corrected chi connectivity index (χ0v) is 19.6. The van der Waals surface area contributed by atoms with Crippen molar-refractivity contribution in [1.29, 1.82) is 0 Å². The standard InChI is InChI=1S/C24H24FN3O5S/c1-15(2)28-34(31,32)20-10-7-16(8-11-20)23(29)26-19-9-12-22(33-3)21(14-19)27-24(30)17-5-4-6-18(25)13-17/h4-15,28H,1-3H3,(H,26,29)(H,27,30). The number of ether oxygens (including phenoxy) is 1. The van der Waals surface area contributed by atoms with Crippen LogP contribution < -0.4 is 20.1 Å². The van der Waals surface area contributed by atoms with Crippen LogP contribution in [-0.2, 0) is 10.0 Å². The number of halogens is 1. The largest absolute Gasteiger partial charge is 0.495 e. The molecule has 0 aliphatic heterocycles. The molecule has 0 spiro atoms. The van der Waals surface area contributed by atoms with Gasteiger partial charge in [-0.2, -0.15) is 0 Å². The Labute approximate surface area is 197 Å². The van der Waals surface area contributed by atoms with Gasteiger partial charge in [0.1, 0.15) is 11.6 Å². The highest BCUT2D eigenvalue weighted by Gasteiger charge is 2.17. The van der Waals surface area contributed by atoms with Gasteiger partial charge in [0, 0.05) is 22.9 Å². The molecule has 0 aliphatic rings. The average molecular weight is 486 g/mol. The van der Waals surface area contributed by atoms with Gasteiger partial charge < -0.3 is 15.4 Å². The summed E-state index contributed by atoms with van der Waals surface area (Å²) < 4.78 is 45.7. The molecule has 0 saturated carbocycles. The first-order valence-corrected chi connectivity index (χ1v) is 11.8. The van der Waals surface area contributed by atoms with Crippen molar-refractivity contribution in [2.45, 2.75) is 24.8 Å². The summed E-state index contributed by atoms with van der Waals surface area (Å²) in [5.74, 6) is -1.23. The Morgan fingerprint density at radius 3 is 2.18 bits per heavy atom. The molecular weight excluding hydrogens is 461 g/mol. The molecular formula is C24H24FN3O5S. The Kier molecular flexibility index (Phi) is 7.64. The van der Waals surface area contributed by atoms with E-state index >= 15 is 0 Å². The van der Waals surface area contributed by atoms with Gasteiger partial charge in [0.25, 0.3) is 11.8 Å². The van der Waals surface area contributed by atoms with Crippen LogP contribution in [0.5, 0.6) is 5.75 Å². The molecule has 3 N–H and O–H groups in total. The number of hydrogen-bond acceptors (Lipinski definition) is 5. The van der Waals surface area contributed by atoms with E-state index in [1.165, 1.54) is 55.6 Å². The number of nitrogens with one attached hydrogen (secondary N) is 3. The zero-order chi connectivity index (χ0) is 24.9. The molecule has 10 heteroatoms. The van der Waals surface area contributed by atoms with Gasteiger partial charge in [0.15, 0.2) is 0 Å². The van der Waals surface area contributed by atoms with Gasteiger partial charge in [-0.05, 0) is 74.5 Å². The minimum Gasteiger partial charge on any atom is -0.495 e. The molecule has 3 aromatic rings. The van der Waals surface area contributed by atoms with Gasteiger partial charge in [-0.1, -0.05) is 6.07 Å². The van der Waals surface area contributed by atoms with Gasteiger partial charge in [-0.15, -0.1) is 0 Å². The lowest BCUT2D eigenvalue weighted by Gasteiger charge is -2.13. The van der Waals surface area contributed by atoms with Crippen LogP contribution in [0.3, 0.4) is 0 Å². The molecule has 0 aromatic heterocycles. The number of methoxy groups -OCH3 is 1. The van der Waals surface area contributed by atoms with Crippen molar-refractivity contribution in [3.8, 4) is 5.75 Å². The van der Waals surface area contributed by atoms with E-state index in [-0.39, 0.29) is 27.8 Å². The SMILES string of the molecule is COc1ccc(NC(=O)c2ccc(S(=O)(=O)NC(C)C)cc2)cc1NC(=O)c1cccc(F)c1. The Hall–Kier alpha value is -3.76. The van der Waals surface area contributed by atoms with E-state index in [0.717, 1.165) is 6.07 Å². The first kappa shape index (κ1) is 24.9. The van der Waals surface area contributed by atoms with Crippen molar-refractivity contribution in [2.75, 3.05) is 17.7 Å². The molecule has 0 aliphatic carbocycles. The summed E-state index contributed by atoms with van der Waals surface area (Å²) in [5.41, 5.74) is 0.998. The molecule has 34 heavy (non-hydrogen) atoms. The first-order chi connectivity index (χ1) is 16.1. The predicted molar refractivity (Wildman–Crippen MR) is 127 cm³/mol. The average Bonchev–Trinajstić information content (AvgIpc) is 2.78. The molecule has 0 bridgehead atoms. The Morgan fingerprint density at radius 1 is 0.882 bits per heavy atom. The van der Waals surface area contributed by atoms with Crippen LogP contribution >= 0.6 is 0 Å². The number of benzene rings is 3. The predicted octanol–water partition coefficient (Wildman–Crippen LogP) is 4.03. The van der Waals surface area contributed by atoms with Crippen LogP contribution in [0.15, 0.2) is 71.6 Å².